The Hall–Kier alpha value is -1.75. The summed E-state index contributed by atoms with van der Waals surface area (Å²) in [5, 5.41) is 4.54. The van der Waals surface area contributed by atoms with Gasteiger partial charge in [0.15, 0.2) is 17.8 Å². The maximum atomic E-state index is 11.0. The molecule has 0 aromatic carbocycles. The van der Waals surface area contributed by atoms with Crippen LogP contribution >= 0.6 is 0 Å². The minimum absolute atomic E-state index is 0.290. The van der Waals surface area contributed by atoms with Crippen LogP contribution in [0, 0.1) is 0 Å². The van der Waals surface area contributed by atoms with Gasteiger partial charge in [0.05, 0.1) is 6.04 Å². The molecule has 1 unspecified atom stereocenters. The molecule has 1 saturated heterocycles. The highest BCUT2D eigenvalue weighted by molar-refractivity contribution is 5.73. The molecule has 0 N–H and O–H groups in total. The number of carbonyl (C=O) groups is 1. The number of fused-ring (bicyclic) bond motifs is 1. The van der Waals surface area contributed by atoms with Gasteiger partial charge in [0, 0.05) is 0 Å². The van der Waals surface area contributed by atoms with Gasteiger partial charge >= 0.3 is 0 Å². The van der Waals surface area contributed by atoms with Gasteiger partial charge in [-0.2, -0.15) is 0 Å². The predicted octanol–water partition coefficient (Wildman–Crippen LogP) is 2.09. The highest BCUT2D eigenvalue weighted by Crippen LogP contribution is 2.28. The van der Waals surface area contributed by atoms with Gasteiger partial charge in [-0.05, 0) is 38.1 Å². The second kappa shape index (κ2) is 5.09. The lowest BCUT2D eigenvalue weighted by molar-refractivity contribution is 0.111. The third-order valence-electron chi connectivity index (χ3n) is 3.84. The first-order chi connectivity index (χ1) is 9.33. The van der Waals surface area contributed by atoms with E-state index in [4.69, 9.17) is 0 Å². The zero-order valence-electron chi connectivity index (χ0n) is 11.1. The van der Waals surface area contributed by atoms with Crippen LogP contribution in [0.5, 0.6) is 0 Å². The second-order valence-electron chi connectivity index (χ2n) is 4.95. The van der Waals surface area contributed by atoms with E-state index in [1.807, 2.05) is 12.1 Å². The second-order valence-corrected chi connectivity index (χ2v) is 4.95. The molecule has 0 aliphatic carbocycles. The van der Waals surface area contributed by atoms with Gasteiger partial charge in [0.2, 0.25) is 0 Å². The highest BCUT2D eigenvalue weighted by Gasteiger charge is 2.26. The number of pyridine rings is 1. The third kappa shape index (κ3) is 2.14. The van der Waals surface area contributed by atoms with E-state index < -0.39 is 0 Å². The number of aldehydes is 1. The van der Waals surface area contributed by atoms with Crippen molar-refractivity contribution in [2.75, 3.05) is 13.1 Å². The van der Waals surface area contributed by atoms with Crippen molar-refractivity contribution in [3.05, 3.63) is 29.7 Å². The van der Waals surface area contributed by atoms with Gasteiger partial charge in [-0.15, -0.1) is 5.10 Å². The van der Waals surface area contributed by atoms with Gasteiger partial charge in [0.1, 0.15) is 5.69 Å². The fraction of sp³-hybridized carbons (Fsp3) is 0.500. The predicted molar refractivity (Wildman–Crippen MR) is 72.2 cm³/mol. The fourth-order valence-electron chi connectivity index (χ4n) is 2.83. The molecule has 5 heteroatoms. The highest BCUT2D eigenvalue weighted by atomic mass is 16.1. The molecule has 1 atom stereocenters. The van der Waals surface area contributed by atoms with E-state index in [9.17, 15) is 4.79 Å². The Bertz CT molecular complexity index is 592. The SMILES string of the molecule is CCN1CCCCC1c1nc2cccc(C=O)n2n1. The Morgan fingerprint density at radius 3 is 3.11 bits per heavy atom. The summed E-state index contributed by atoms with van der Waals surface area (Å²) < 4.78 is 1.64. The lowest BCUT2D eigenvalue weighted by atomic mass is 10.0. The number of carbonyl (C=O) groups excluding carboxylic acids is 1. The Morgan fingerprint density at radius 2 is 2.32 bits per heavy atom. The molecule has 0 saturated carbocycles. The quantitative estimate of drug-likeness (QED) is 0.791. The minimum Gasteiger partial charge on any atom is -0.296 e. The first-order valence-electron chi connectivity index (χ1n) is 6.88. The van der Waals surface area contributed by atoms with Crippen LogP contribution < -0.4 is 0 Å². The molecule has 0 spiro atoms. The van der Waals surface area contributed by atoms with Crippen LogP contribution in [0.4, 0.5) is 0 Å². The van der Waals surface area contributed by atoms with E-state index in [2.05, 4.69) is 21.9 Å². The summed E-state index contributed by atoms with van der Waals surface area (Å²) in [5.41, 5.74) is 1.30. The van der Waals surface area contributed by atoms with Crippen molar-refractivity contribution in [1.29, 1.82) is 0 Å². The molecule has 1 aliphatic rings. The maximum Gasteiger partial charge on any atom is 0.168 e. The molecule has 1 aliphatic heterocycles. The fourth-order valence-corrected chi connectivity index (χ4v) is 2.83. The number of aromatic nitrogens is 3. The number of hydrogen-bond donors (Lipinski definition) is 0. The number of rotatable bonds is 3. The maximum absolute atomic E-state index is 11.0. The Morgan fingerprint density at radius 1 is 1.42 bits per heavy atom. The van der Waals surface area contributed by atoms with E-state index in [0.717, 1.165) is 37.3 Å². The van der Waals surface area contributed by atoms with Crippen molar-refractivity contribution in [1.82, 2.24) is 19.5 Å². The largest absolute Gasteiger partial charge is 0.296 e. The number of piperidine rings is 1. The summed E-state index contributed by atoms with van der Waals surface area (Å²) in [6.45, 7) is 4.29. The van der Waals surface area contributed by atoms with E-state index in [0.29, 0.717) is 5.69 Å². The van der Waals surface area contributed by atoms with Gasteiger partial charge in [-0.25, -0.2) is 9.50 Å². The van der Waals surface area contributed by atoms with Crippen molar-refractivity contribution in [3.63, 3.8) is 0 Å². The van der Waals surface area contributed by atoms with E-state index in [-0.39, 0.29) is 6.04 Å². The molecule has 100 valence electrons. The molecular weight excluding hydrogens is 240 g/mol. The zero-order valence-corrected chi connectivity index (χ0v) is 11.1. The van der Waals surface area contributed by atoms with Gasteiger partial charge in [0.25, 0.3) is 0 Å². The third-order valence-corrected chi connectivity index (χ3v) is 3.84. The first kappa shape index (κ1) is 12.3. The lowest BCUT2D eigenvalue weighted by Crippen LogP contribution is -2.33. The molecule has 3 rings (SSSR count). The Balaban J connectivity index is 2.02. The normalized spacial score (nSPS) is 20.8. The molecule has 19 heavy (non-hydrogen) atoms. The summed E-state index contributed by atoms with van der Waals surface area (Å²) in [5.74, 6) is 0.843. The van der Waals surface area contributed by atoms with Crippen LogP contribution in [0.15, 0.2) is 18.2 Å². The van der Waals surface area contributed by atoms with E-state index in [1.165, 1.54) is 12.8 Å². The van der Waals surface area contributed by atoms with Gasteiger partial charge in [-0.3, -0.25) is 9.69 Å². The summed E-state index contributed by atoms with van der Waals surface area (Å²) in [6.07, 6.45) is 4.39. The van der Waals surface area contributed by atoms with Crippen molar-refractivity contribution >= 4 is 11.9 Å². The van der Waals surface area contributed by atoms with Crippen LogP contribution in [0.1, 0.15) is 48.5 Å². The van der Waals surface area contributed by atoms with Crippen LogP contribution in [-0.2, 0) is 0 Å². The molecule has 1 fully saturated rings. The van der Waals surface area contributed by atoms with Crippen molar-refractivity contribution in [2.24, 2.45) is 0 Å². The van der Waals surface area contributed by atoms with Crippen LogP contribution in [-0.4, -0.2) is 38.9 Å². The van der Waals surface area contributed by atoms with E-state index in [1.54, 1.807) is 10.6 Å². The molecule has 3 heterocycles. The van der Waals surface area contributed by atoms with Crippen molar-refractivity contribution in [3.8, 4) is 0 Å². The summed E-state index contributed by atoms with van der Waals surface area (Å²) in [7, 11) is 0. The Labute approximate surface area is 112 Å². The molecule has 0 bridgehead atoms. The summed E-state index contributed by atoms with van der Waals surface area (Å²) >= 11 is 0. The minimum atomic E-state index is 0.290. The average molecular weight is 258 g/mol. The number of hydrogen-bond acceptors (Lipinski definition) is 4. The molecule has 5 nitrogen and oxygen atoms in total. The molecule has 2 aromatic rings. The van der Waals surface area contributed by atoms with Gasteiger partial charge < -0.3 is 0 Å². The summed E-state index contributed by atoms with van der Waals surface area (Å²) in [4.78, 5) is 18.0. The average Bonchev–Trinajstić information content (AvgIpc) is 2.90. The summed E-state index contributed by atoms with van der Waals surface area (Å²) in [6, 6.07) is 5.79. The number of likely N-dealkylation sites (tertiary alicyclic amines) is 1. The smallest absolute Gasteiger partial charge is 0.168 e. The number of nitrogens with zero attached hydrogens (tertiary/aromatic N) is 4. The zero-order chi connectivity index (χ0) is 13.2. The van der Waals surface area contributed by atoms with E-state index >= 15 is 0 Å². The van der Waals surface area contributed by atoms with Gasteiger partial charge in [-0.1, -0.05) is 19.4 Å². The molecular formula is C14H18N4O. The molecule has 2 aromatic heterocycles. The Kier molecular flexibility index (Phi) is 3.29. The van der Waals surface area contributed by atoms with Crippen molar-refractivity contribution in [2.45, 2.75) is 32.2 Å². The van der Waals surface area contributed by atoms with Crippen LogP contribution in [0.2, 0.25) is 0 Å². The first-order valence-corrected chi connectivity index (χ1v) is 6.88. The molecule has 0 amide bonds. The standard InChI is InChI=1S/C14H18N4O/c1-2-17-9-4-3-7-12(17)14-15-13-8-5-6-11(10-19)18(13)16-14/h5-6,8,10,12H,2-4,7,9H2,1H3. The molecule has 0 radical (unpaired) electrons. The lowest BCUT2D eigenvalue weighted by Gasteiger charge is -2.32. The van der Waals surface area contributed by atoms with Crippen molar-refractivity contribution < 1.29 is 4.79 Å². The monoisotopic (exact) mass is 258 g/mol. The van der Waals surface area contributed by atoms with Crippen LogP contribution in [0.3, 0.4) is 0 Å². The topological polar surface area (TPSA) is 50.5 Å². The van der Waals surface area contributed by atoms with Crippen LogP contribution in [0.25, 0.3) is 5.65 Å².